The average molecular weight is 234 g/mol. The molecule has 0 radical (unpaired) electrons. The summed E-state index contributed by atoms with van der Waals surface area (Å²) in [7, 11) is 0. The Morgan fingerprint density at radius 2 is 2.29 bits per heavy atom. The van der Waals surface area contributed by atoms with Crippen molar-refractivity contribution in [3.63, 3.8) is 0 Å². The maximum Gasteiger partial charge on any atom is 0.249 e. The summed E-state index contributed by atoms with van der Waals surface area (Å²) in [6.07, 6.45) is 0. The van der Waals surface area contributed by atoms with Crippen LogP contribution in [0.1, 0.15) is 5.56 Å². The van der Waals surface area contributed by atoms with Gasteiger partial charge in [0.15, 0.2) is 5.41 Å². The van der Waals surface area contributed by atoms with E-state index in [0.717, 1.165) is 0 Å². The second-order valence-electron chi connectivity index (χ2n) is 4.10. The minimum atomic E-state index is -1.09. The van der Waals surface area contributed by atoms with Gasteiger partial charge < -0.3 is 10.1 Å². The van der Waals surface area contributed by atoms with Crippen molar-refractivity contribution in [3.05, 3.63) is 29.6 Å². The van der Waals surface area contributed by atoms with Crippen LogP contribution in [0.25, 0.3) is 0 Å². The van der Waals surface area contributed by atoms with Gasteiger partial charge in [-0.3, -0.25) is 4.79 Å². The number of rotatable bonds is 2. The van der Waals surface area contributed by atoms with Gasteiger partial charge in [0.1, 0.15) is 5.82 Å². The molecular weight excluding hydrogens is 223 g/mol. The topological polar surface area (TPSA) is 62.1 Å². The van der Waals surface area contributed by atoms with Crippen LogP contribution in [-0.4, -0.2) is 19.1 Å². The van der Waals surface area contributed by atoms with Crippen molar-refractivity contribution in [2.24, 2.45) is 5.41 Å². The van der Waals surface area contributed by atoms with E-state index >= 15 is 0 Å². The molecule has 2 rings (SSSR count). The highest BCUT2D eigenvalue weighted by atomic mass is 19.1. The molecule has 1 aromatic carbocycles. The number of nitrogens with one attached hydrogen (secondary N) is 1. The van der Waals surface area contributed by atoms with Crippen molar-refractivity contribution in [1.29, 1.82) is 5.26 Å². The molecule has 4 nitrogen and oxygen atoms in total. The minimum absolute atomic E-state index is 0.107. The first kappa shape index (κ1) is 11.6. The van der Waals surface area contributed by atoms with Gasteiger partial charge >= 0.3 is 0 Å². The van der Waals surface area contributed by atoms with E-state index in [-0.39, 0.29) is 19.0 Å². The number of anilines is 1. The number of carbonyl (C=O) groups excluding carboxylic acids is 1. The fourth-order valence-electron chi connectivity index (χ4n) is 1.53. The summed E-state index contributed by atoms with van der Waals surface area (Å²) in [6.45, 7) is 1.82. The van der Waals surface area contributed by atoms with E-state index in [4.69, 9.17) is 10.00 Å². The van der Waals surface area contributed by atoms with Crippen LogP contribution in [0.3, 0.4) is 0 Å². The van der Waals surface area contributed by atoms with E-state index in [2.05, 4.69) is 5.32 Å². The number of nitrogens with zero attached hydrogens (tertiary/aromatic N) is 1. The largest absolute Gasteiger partial charge is 0.377 e. The number of hydrogen-bond acceptors (Lipinski definition) is 3. The number of aryl methyl sites for hydroxylation is 1. The molecule has 0 aromatic heterocycles. The molecule has 1 saturated heterocycles. The number of nitriles is 1. The van der Waals surface area contributed by atoms with Crippen LogP contribution in [-0.2, 0) is 9.53 Å². The Bertz CT molecular complexity index is 504. The molecule has 88 valence electrons. The third kappa shape index (κ3) is 1.99. The summed E-state index contributed by atoms with van der Waals surface area (Å²) < 4.78 is 17.9. The highest BCUT2D eigenvalue weighted by Crippen LogP contribution is 2.28. The van der Waals surface area contributed by atoms with Crippen molar-refractivity contribution in [2.75, 3.05) is 18.5 Å². The fourth-order valence-corrected chi connectivity index (χ4v) is 1.53. The van der Waals surface area contributed by atoms with Crippen LogP contribution in [0.4, 0.5) is 10.1 Å². The maximum absolute atomic E-state index is 13.0. The first-order valence-electron chi connectivity index (χ1n) is 5.14. The van der Waals surface area contributed by atoms with Gasteiger partial charge in [0.05, 0.1) is 19.3 Å². The number of carbonyl (C=O) groups is 1. The van der Waals surface area contributed by atoms with Gasteiger partial charge in [0.25, 0.3) is 0 Å². The molecule has 5 heteroatoms. The zero-order valence-electron chi connectivity index (χ0n) is 9.29. The van der Waals surface area contributed by atoms with Crippen molar-refractivity contribution in [1.82, 2.24) is 0 Å². The number of benzene rings is 1. The van der Waals surface area contributed by atoms with E-state index in [1.54, 1.807) is 6.92 Å². The first-order chi connectivity index (χ1) is 8.07. The first-order valence-corrected chi connectivity index (χ1v) is 5.14. The van der Waals surface area contributed by atoms with Gasteiger partial charge in [-0.2, -0.15) is 5.26 Å². The SMILES string of the molecule is Cc1cc(NC(=O)C2(C#N)COC2)ccc1F. The van der Waals surface area contributed by atoms with Gasteiger partial charge in [-0.25, -0.2) is 4.39 Å². The molecule has 1 N–H and O–H groups in total. The highest BCUT2D eigenvalue weighted by Gasteiger charge is 2.46. The molecule has 0 spiro atoms. The quantitative estimate of drug-likeness (QED) is 0.845. The molecule has 0 aliphatic carbocycles. The Morgan fingerprint density at radius 1 is 1.59 bits per heavy atom. The number of hydrogen-bond donors (Lipinski definition) is 1. The second-order valence-corrected chi connectivity index (χ2v) is 4.10. The molecule has 1 aromatic rings. The molecule has 1 aliphatic rings. The zero-order chi connectivity index (χ0) is 12.5. The zero-order valence-corrected chi connectivity index (χ0v) is 9.29. The summed E-state index contributed by atoms with van der Waals surface area (Å²) >= 11 is 0. The van der Waals surface area contributed by atoms with Gasteiger partial charge in [0, 0.05) is 5.69 Å². The third-order valence-electron chi connectivity index (χ3n) is 2.76. The minimum Gasteiger partial charge on any atom is -0.377 e. The van der Waals surface area contributed by atoms with Gasteiger partial charge in [0.2, 0.25) is 5.91 Å². The van der Waals surface area contributed by atoms with Crippen molar-refractivity contribution >= 4 is 11.6 Å². The van der Waals surface area contributed by atoms with E-state index in [0.29, 0.717) is 11.3 Å². The Hall–Kier alpha value is -1.93. The van der Waals surface area contributed by atoms with Crippen molar-refractivity contribution < 1.29 is 13.9 Å². The van der Waals surface area contributed by atoms with Crippen LogP contribution in [0, 0.1) is 29.5 Å². The van der Waals surface area contributed by atoms with E-state index < -0.39 is 11.3 Å². The average Bonchev–Trinajstić information content (AvgIpc) is 2.23. The molecule has 0 saturated carbocycles. The van der Waals surface area contributed by atoms with Crippen LogP contribution in [0.5, 0.6) is 0 Å². The lowest BCUT2D eigenvalue weighted by molar-refractivity contribution is -0.144. The smallest absolute Gasteiger partial charge is 0.249 e. The lowest BCUT2D eigenvalue weighted by Gasteiger charge is -2.33. The van der Waals surface area contributed by atoms with Crippen LogP contribution in [0.15, 0.2) is 18.2 Å². The van der Waals surface area contributed by atoms with Gasteiger partial charge in [-0.1, -0.05) is 0 Å². The molecule has 17 heavy (non-hydrogen) atoms. The summed E-state index contributed by atoms with van der Waals surface area (Å²) in [5.41, 5.74) is -0.170. The van der Waals surface area contributed by atoms with Crippen LogP contribution < -0.4 is 5.32 Å². The van der Waals surface area contributed by atoms with E-state index in [1.807, 2.05) is 6.07 Å². The molecule has 1 fully saturated rings. The summed E-state index contributed by atoms with van der Waals surface area (Å²) in [5, 5.41) is 11.5. The predicted octanol–water partition coefficient (Wildman–Crippen LogP) is 1.61. The van der Waals surface area contributed by atoms with E-state index in [9.17, 15) is 9.18 Å². The molecule has 0 unspecified atom stereocenters. The molecule has 0 bridgehead atoms. The third-order valence-corrected chi connectivity index (χ3v) is 2.76. The van der Waals surface area contributed by atoms with Crippen LogP contribution >= 0.6 is 0 Å². The number of halogens is 1. The lowest BCUT2D eigenvalue weighted by Crippen LogP contribution is -2.50. The molecule has 0 atom stereocenters. The summed E-state index contributed by atoms with van der Waals surface area (Å²) in [6, 6.07) is 6.22. The normalized spacial score (nSPS) is 16.8. The number of amides is 1. The Labute approximate surface area is 98.0 Å². The monoisotopic (exact) mass is 234 g/mol. The summed E-state index contributed by atoms with van der Waals surface area (Å²) in [5.74, 6) is -0.734. The lowest BCUT2D eigenvalue weighted by atomic mass is 9.87. The van der Waals surface area contributed by atoms with Gasteiger partial charge in [-0.05, 0) is 30.7 Å². The second kappa shape index (κ2) is 4.15. The fraction of sp³-hybridized carbons (Fsp3) is 0.333. The standard InChI is InChI=1S/C12H11FN2O2/c1-8-4-9(2-3-10(8)13)15-11(16)12(5-14)6-17-7-12/h2-4H,6-7H2,1H3,(H,15,16). The molecule has 1 heterocycles. The number of ether oxygens (including phenoxy) is 1. The predicted molar refractivity (Wildman–Crippen MR) is 58.6 cm³/mol. The summed E-state index contributed by atoms with van der Waals surface area (Å²) in [4.78, 5) is 11.8. The van der Waals surface area contributed by atoms with E-state index in [1.165, 1.54) is 18.2 Å². The van der Waals surface area contributed by atoms with Crippen LogP contribution in [0.2, 0.25) is 0 Å². The highest BCUT2D eigenvalue weighted by molar-refractivity contribution is 5.98. The van der Waals surface area contributed by atoms with Gasteiger partial charge in [-0.15, -0.1) is 0 Å². The molecule has 1 amide bonds. The molecular formula is C12H11FN2O2. The Balaban J connectivity index is 2.13. The molecule has 1 aliphatic heterocycles. The Kier molecular flexibility index (Phi) is 2.82. The maximum atomic E-state index is 13.0. The Morgan fingerprint density at radius 3 is 2.76 bits per heavy atom. The van der Waals surface area contributed by atoms with Crippen molar-refractivity contribution in [3.8, 4) is 6.07 Å². The van der Waals surface area contributed by atoms with Crippen molar-refractivity contribution in [2.45, 2.75) is 6.92 Å².